The van der Waals surface area contributed by atoms with Gasteiger partial charge in [-0.05, 0) is 85.6 Å². The van der Waals surface area contributed by atoms with Crippen molar-refractivity contribution < 1.29 is 75.9 Å². The van der Waals surface area contributed by atoms with Crippen LogP contribution in [0.3, 0.4) is 0 Å². The minimum atomic E-state index is -4.56. The number of carbonyl (C=O) groups excluding carboxylic acids is 3. The van der Waals surface area contributed by atoms with Gasteiger partial charge in [-0.1, -0.05) is 83.7 Å². The van der Waals surface area contributed by atoms with Crippen LogP contribution in [0.5, 0.6) is 11.5 Å². The molecule has 2 atom stereocenters. The van der Waals surface area contributed by atoms with Crippen LogP contribution < -0.4 is 19.8 Å². The standard InChI is InChI=1S/C17H11Cl2F3O5.C14H20ClNO2.C8H11Cl2NO.C3H8NO5P.C3H9S/c1-8(15(23)24)26-16(25)11-7-10(3-4-12(11)18)27-14-5-2-9(6-13(14)19)17(20,21)22;1-4-12-8-6-7-11(3)14(12)16(10-18-5-2)13(17)9-15;1-3-5-11(6-4-2)8(12)7(9)10;5-3(6)1-4-2-10(7,8)9;1-4(2)3/h2-8H,1H3,(H,23,24);6-8H,4-5,9-10H2,1-3H3;3-4,7H,1-2,5-6H2;4H,1-2H2,(H,5,6)(H2,7,8,9);1-3H3/q;;;;+1/p-1/t8-;;;;/m0..../s1. The molecule has 0 aliphatic heterocycles. The summed E-state index contributed by atoms with van der Waals surface area (Å²) in [7, 11) is -3.71. The van der Waals surface area contributed by atoms with E-state index in [0.717, 1.165) is 48.4 Å². The van der Waals surface area contributed by atoms with E-state index in [9.17, 15) is 46.6 Å². The summed E-state index contributed by atoms with van der Waals surface area (Å²) in [5.74, 6) is -4.05. The molecule has 0 spiro atoms. The number of esters is 1. The summed E-state index contributed by atoms with van der Waals surface area (Å²) in [6.45, 7) is 15.4. The van der Waals surface area contributed by atoms with Gasteiger partial charge in [-0.25, -0.2) is 9.59 Å². The van der Waals surface area contributed by atoms with Gasteiger partial charge >= 0.3 is 24.1 Å². The average molecular weight is 1150 g/mol. The molecule has 3 aromatic rings. The van der Waals surface area contributed by atoms with Crippen LogP contribution in [0.2, 0.25) is 10.0 Å². The zero-order valence-corrected chi connectivity index (χ0v) is 45.3. The van der Waals surface area contributed by atoms with Gasteiger partial charge in [0.15, 0.2) is 10.9 Å². The van der Waals surface area contributed by atoms with Gasteiger partial charge in [0.05, 0.1) is 58.5 Å². The molecule has 26 heteroatoms. The maximum atomic E-state index is 12.7. The second-order valence-electron chi connectivity index (χ2n) is 14.2. The largest absolute Gasteiger partial charge is 0.778 e. The molecule has 0 saturated heterocycles. The van der Waals surface area contributed by atoms with Crippen molar-refractivity contribution >= 4 is 112 Å². The molecule has 0 aromatic heterocycles. The number of para-hydroxylation sites is 1. The third kappa shape index (κ3) is 29.9. The number of halogens is 8. The van der Waals surface area contributed by atoms with E-state index in [1.54, 1.807) is 17.1 Å². The number of carbonyl (C=O) groups is 5. The van der Waals surface area contributed by atoms with Crippen LogP contribution >= 0.6 is 65.6 Å². The van der Waals surface area contributed by atoms with Gasteiger partial charge in [0.2, 0.25) is 5.91 Å². The number of ether oxygens (including phenoxy) is 3. The van der Waals surface area contributed by atoms with E-state index in [0.29, 0.717) is 36.7 Å². The fourth-order valence-electron chi connectivity index (χ4n) is 4.80. The van der Waals surface area contributed by atoms with Gasteiger partial charge in [0.1, 0.15) is 31.7 Å². The number of aliphatic carboxylic acids is 2. The highest BCUT2D eigenvalue weighted by molar-refractivity contribution is 7.94. The Morgan fingerprint density at radius 2 is 1.54 bits per heavy atom. The first-order valence-corrected chi connectivity index (χ1v) is 26.8. The highest BCUT2D eigenvalue weighted by Crippen LogP contribution is 2.37. The maximum absolute atomic E-state index is 12.7. The Bertz CT molecular complexity index is 2230. The lowest BCUT2D eigenvalue weighted by Crippen LogP contribution is -2.35. The number of amides is 2. The number of benzene rings is 3. The molecule has 0 fully saturated rings. The van der Waals surface area contributed by atoms with Crippen LogP contribution in [0.25, 0.3) is 0 Å². The molecule has 3 rings (SSSR count). The molecule has 398 valence electrons. The Hall–Kier alpha value is -4.05. The normalized spacial score (nSPS) is 11.8. The Morgan fingerprint density at radius 1 is 0.958 bits per heavy atom. The molecule has 2 amide bonds. The fraction of sp³-hybridized carbons (Fsp3) is 0.400. The smallest absolute Gasteiger partial charge is 0.416 e. The first-order chi connectivity index (χ1) is 32.9. The topological polar surface area (TPSA) is 232 Å². The second-order valence-corrected chi connectivity index (χ2v) is 20.5. The molecule has 0 aliphatic rings. The average Bonchev–Trinajstić information content (AvgIpc) is 3.27. The Kier molecular flexibility index (Phi) is 35.0. The fourth-order valence-corrected chi connectivity index (χ4v) is 6.03. The number of rotatable bonds is 20. The van der Waals surface area contributed by atoms with Crippen molar-refractivity contribution in [2.24, 2.45) is 0 Å². The van der Waals surface area contributed by atoms with Crippen LogP contribution in [-0.2, 0) is 56.7 Å². The van der Waals surface area contributed by atoms with Crippen LogP contribution in [0, 0.1) is 6.92 Å². The van der Waals surface area contributed by atoms with E-state index in [-0.39, 0.29) is 51.5 Å². The van der Waals surface area contributed by atoms with Crippen molar-refractivity contribution in [3.8, 4) is 11.5 Å². The summed E-state index contributed by atoms with van der Waals surface area (Å²) in [5, 5.41) is 18.4. The molecule has 3 aromatic carbocycles. The molecule has 1 unspecified atom stereocenters. The van der Waals surface area contributed by atoms with Crippen LogP contribution in [-0.4, -0.2) is 125 Å². The predicted octanol–water partition coefficient (Wildman–Crippen LogP) is 9.21. The first-order valence-electron chi connectivity index (χ1n) is 20.5. The van der Waals surface area contributed by atoms with Gasteiger partial charge in [0, 0.05) is 19.7 Å². The van der Waals surface area contributed by atoms with E-state index in [4.69, 9.17) is 87.3 Å². The minimum absolute atomic E-state index is 0.0246. The number of hydrogen-bond acceptors (Lipinski definition) is 11. The molecule has 4 N–H and O–H groups in total. The Morgan fingerprint density at radius 3 is 1.97 bits per heavy atom. The van der Waals surface area contributed by atoms with Crippen LogP contribution in [0.15, 0.2) is 79.9 Å². The summed E-state index contributed by atoms with van der Waals surface area (Å²) < 4.78 is 63.4. The molecule has 0 heterocycles. The number of hydrogen-bond donors (Lipinski definition) is 4. The molecule has 0 bridgehead atoms. The van der Waals surface area contributed by atoms with Crippen molar-refractivity contribution in [1.29, 1.82) is 0 Å². The lowest BCUT2D eigenvalue weighted by Gasteiger charge is -2.25. The summed E-state index contributed by atoms with van der Waals surface area (Å²) in [5.41, 5.74) is 2.01. The number of carboxylic acids is 2. The third-order valence-corrected chi connectivity index (χ3v) is 9.72. The van der Waals surface area contributed by atoms with E-state index < -0.39 is 61.0 Å². The van der Waals surface area contributed by atoms with Crippen molar-refractivity contribution in [2.75, 3.05) is 68.8 Å². The van der Waals surface area contributed by atoms with Crippen LogP contribution in [0.1, 0.15) is 47.8 Å². The van der Waals surface area contributed by atoms with E-state index in [1.165, 1.54) is 17.0 Å². The lowest BCUT2D eigenvalue weighted by atomic mass is 10.0. The molecule has 0 radical (unpaired) electrons. The number of aryl methyl sites for hydroxylation is 2. The third-order valence-electron chi connectivity index (χ3n) is 7.87. The number of carboxylic acid groups (broad SMARTS) is 2. The predicted molar refractivity (Wildman–Crippen MR) is 274 cm³/mol. The van der Waals surface area contributed by atoms with E-state index in [1.807, 2.05) is 37.4 Å². The Balaban J connectivity index is 0. The molecular weight excluding hydrogens is 1090 g/mol. The molecule has 71 heavy (non-hydrogen) atoms. The quantitative estimate of drug-likeness (QED) is 0.0206. The Labute approximate surface area is 439 Å². The van der Waals surface area contributed by atoms with Crippen molar-refractivity contribution in [1.82, 2.24) is 10.2 Å². The van der Waals surface area contributed by atoms with E-state index >= 15 is 0 Å². The van der Waals surface area contributed by atoms with Crippen molar-refractivity contribution in [3.63, 3.8) is 0 Å². The van der Waals surface area contributed by atoms with Gasteiger partial charge < -0.3 is 43.7 Å². The zero-order valence-electron chi connectivity index (χ0n) is 39.8. The monoisotopic (exact) mass is 1140 g/mol. The van der Waals surface area contributed by atoms with Crippen LogP contribution in [0.4, 0.5) is 18.9 Å². The van der Waals surface area contributed by atoms with Gasteiger partial charge in [-0.2, -0.15) is 13.2 Å². The highest BCUT2D eigenvalue weighted by Gasteiger charge is 2.31. The summed E-state index contributed by atoms with van der Waals surface area (Å²) in [4.78, 5) is 75.8. The maximum Gasteiger partial charge on any atom is 0.416 e. The first kappa shape index (κ1) is 69.0. The number of alkyl halides is 6. The molecule has 16 nitrogen and oxygen atoms in total. The zero-order chi connectivity index (χ0) is 55.2. The molecular formula is C45H58Cl5F3N3O13PS. The number of nitrogens with zero attached hydrogens (tertiary/aromatic N) is 2. The number of nitrogens with one attached hydrogen (secondary N) is 1. The highest BCUT2D eigenvalue weighted by atomic mass is 35.5. The minimum Gasteiger partial charge on any atom is -0.778 e. The summed E-state index contributed by atoms with van der Waals surface area (Å²) in [6.07, 6.45) is 4.01. The summed E-state index contributed by atoms with van der Waals surface area (Å²) in [6, 6.07) is 12.4. The molecule has 0 aliphatic carbocycles. The lowest BCUT2D eigenvalue weighted by molar-refractivity contribution is -0.193. The van der Waals surface area contributed by atoms with Gasteiger partial charge in [-0.3, -0.25) is 24.6 Å². The van der Waals surface area contributed by atoms with Gasteiger partial charge in [0.25, 0.3) is 5.91 Å². The molecule has 0 saturated carbocycles. The second kappa shape index (κ2) is 36.0. The van der Waals surface area contributed by atoms with Gasteiger partial charge in [-0.15, -0.1) is 24.8 Å². The number of anilines is 1. The summed E-state index contributed by atoms with van der Waals surface area (Å²) >= 11 is 28.2. The SMILES string of the molecule is C=CCN(CC=C)C(=O)C(Cl)Cl.CCOCN(C(=O)CCl)c1c(C)cccc1CC.C[C@H](OC(=O)c1cc(Oc2ccc(C(F)(F)F)cc2Cl)ccc1Cl)C(=O)O.C[S+](C)C.O=C(O)CNCP(=O)([O-])O. The van der Waals surface area contributed by atoms with Crippen molar-refractivity contribution in [3.05, 3.63) is 112 Å². The van der Waals surface area contributed by atoms with Crippen molar-refractivity contribution in [2.45, 2.75) is 51.2 Å². The van der Waals surface area contributed by atoms with E-state index in [2.05, 4.69) is 38.8 Å².